The smallest absolute Gasteiger partial charge is 0.0587 e. The quantitative estimate of drug-likeness (QED) is 0.274. The van der Waals surface area contributed by atoms with Crippen LogP contribution >= 0.6 is 31.9 Å². The Morgan fingerprint density at radius 3 is 1.82 bits per heavy atom. The Kier molecular flexibility index (Phi) is 10.7. The van der Waals surface area contributed by atoms with Gasteiger partial charge < -0.3 is 0 Å². The highest BCUT2D eigenvalue weighted by Crippen LogP contribution is 2.52. The summed E-state index contributed by atoms with van der Waals surface area (Å²) in [4.78, 5) is 2.59. The van der Waals surface area contributed by atoms with Crippen molar-refractivity contribution in [1.82, 2.24) is 4.90 Å². The fraction of sp³-hybridized carbons (Fsp3) is 0.567. The molecule has 0 unspecified atom stereocenters. The number of alkyl halides is 2. The molecule has 0 spiro atoms. The maximum atomic E-state index is 7.32. The van der Waals surface area contributed by atoms with Crippen LogP contribution in [0.3, 0.4) is 0 Å². The van der Waals surface area contributed by atoms with E-state index in [4.69, 9.17) is 5.26 Å². The fourth-order valence-electron chi connectivity index (χ4n) is 5.78. The number of hydrogen-bond donors (Lipinski definition) is 0. The van der Waals surface area contributed by atoms with Crippen LogP contribution in [0.5, 0.6) is 0 Å². The molecule has 0 aliphatic heterocycles. The van der Waals surface area contributed by atoms with Crippen LogP contribution < -0.4 is 0 Å². The van der Waals surface area contributed by atoms with Crippen LogP contribution in [-0.4, -0.2) is 18.0 Å². The van der Waals surface area contributed by atoms with E-state index in [9.17, 15) is 0 Å². The second-order valence-corrected chi connectivity index (χ2v) is 12.9. The number of halogens is 2. The lowest BCUT2D eigenvalue weighted by atomic mass is 9.83. The van der Waals surface area contributed by atoms with E-state index in [0.29, 0.717) is 0 Å². The third-order valence-corrected chi connectivity index (χ3v) is 9.97. The van der Waals surface area contributed by atoms with Crippen LogP contribution in [0, 0.1) is 11.3 Å². The summed E-state index contributed by atoms with van der Waals surface area (Å²) in [5.41, 5.74) is 6.22. The van der Waals surface area contributed by atoms with Crippen LogP contribution in [-0.2, 0) is 21.6 Å². The van der Waals surface area contributed by atoms with Crippen molar-refractivity contribution in [3.63, 3.8) is 0 Å². The topological polar surface area (TPSA) is 27.0 Å². The highest BCUT2D eigenvalue weighted by atomic mass is 79.9. The number of nitriles is 1. The Labute approximate surface area is 224 Å². The van der Waals surface area contributed by atoms with Gasteiger partial charge in [0, 0.05) is 13.5 Å². The highest BCUT2D eigenvalue weighted by Gasteiger charge is 2.39. The molecule has 0 aromatic heterocycles. The zero-order chi connectivity index (χ0) is 24.4. The zero-order valence-electron chi connectivity index (χ0n) is 21.0. The summed E-state index contributed by atoms with van der Waals surface area (Å²) in [6.07, 6.45) is 12.9. The van der Waals surface area contributed by atoms with Crippen LogP contribution in [0.4, 0.5) is 0 Å². The molecule has 0 heterocycles. The van der Waals surface area contributed by atoms with Crippen molar-refractivity contribution in [3.05, 3.63) is 70.8 Å². The average molecular weight is 588 g/mol. The minimum atomic E-state index is 0.189. The molecule has 2 nitrogen and oxygen atoms in total. The molecule has 0 bridgehead atoms. The van der Waals surface area contributed by atoms with Crippen LogP contribution in [0.2, 0.25) is 0 Å². The van der Waals surface area contributed by atoms with Crippen molar-refractivity contribution in [2.45, 2.75) is 93.2 Å². The predicted octanol–water partition coefficient (Wildman–Crippen LogP) is 9.00. The van der Waals surface area contributed by atoms with E-state index in [0.717, 1.165) is 19.6 Å². The SMILES string of the molecule is CC#N.CCN(CCCc1c(C2(Br)CCCC2)cccc1C1(Br)CCCC1)Cc1ccccc1. The minimum absolute atomic E-state index is 0.189. The minimum Gasteiger partial charge on any atom is -0.299 e. The summed E-state index contributed by atoms with van der Waals surface area (Å²) in [6, 6.07) is 19.8. The van der Waals surface area contributed by atoms with Crippen LogP contribution in [0.1, 0.15) is 93.9 Å². The van der Waals surface area contributed by atoms with Gasteiger partial charge in [-0.1, -0.05) is 113 Å². The lowest BCUT2D eigenvalue weighted by molar-refractivity contribution is 0.276. The number of rotatable bonds is 9. The monoisotopic (exact) mass is 586 g/mol. The van der Waals surface area contributed by atoms with Gasteiger partial charge in [-0.3, -0.25) is 4.90 Å². The van der Waals surface area contributed by atoms with E-state index in [1.54, 1.807) is 22.8 Å². The van der Waals surface area contributed by atoms with Crippen molar-refractivity contribution in [2.75, 3.05) is 13.1 Å². The van der Waals surface area contributed by atoms with Crippen molar-refractivity contribution < 1.29 is 0 Å². The molecule has 34 heavy (non-hydrogen) atoms. The maximum absolute atomic E-state index is 7.32. The van der Waals surface area contributed by atoms with Gasteiger partial charge in [-0.25, -0.2) is 0 Å². The van der Waals surface area contributed by atoms with Gasteiger partial charge in [0.2, 0.25) is 0 Å². The molecule has 0 radical (unpaired) electrons. The summed E-state index contributed by atoms with van der Waals surface area (Å²) >= 11 is 8.44. The van der Waals surface area contributed by atoms with Gasteiger partial charge >= 0.3 is 0 Å². The van der Waals surface area contributed by atoms with E-state index in [2.05, 4.69) is 92.2 Å². The second-order valence-electron chi connectivity index (χ2n) is 9.86. The van der Waals surface area contributed by atoms with Crippen LogP contribution in [0.25, 0.3) is 0 Å². The Bertz CT molecular complexity index is 882. The largest absolute Gasteiger partial charge is 0.299 e. The highest BCUT2D eigenvalue weighted by molar-refractivity contribution is 9.10. The van der Waals surface area contributed by atoms with E-state index >= 15 is 0 Å². The molecule has 2 aromatic rings. The first-order chi connectivity index (χ1) is 16.5. The van der Waals surface area contributed by atoms with E-state index in [1.165, 1.54) is 76.7 Å². The molecular formula is C30H40Br2N2. The molecule has 2 aliphatic carbocycles. The van der Waals surface area contributed by atoms with Gasteiger partial charge in [0.1, 0.15) is 0 Å². The molecule has 0 atom stereocenters. The van der Waals surface area contributed by atoms with Gasteiger partial charge in [-0.05, 0) is 73.9 Å². The van der Waals surface area contributed by atoms with Gasteiger partial charge in [0.05, 0.1) is 14.7 Å². The third kappa shape index (κ3) is 6.96. The Balaban J connectivity index is 0.00000103. The molecule has 0 N–H and O–H groups in total. The molecule has 2 aliphatic rings. The Morgan fingerprint density at radius 2 is 1.35 bits per heavy atom. The van der Waals surface area contributed by atoms with E-state index in [-0.39, 0.29) is 8.65 Å². The van der Waals surface area contributed by atoms with Crippen LogP contribution in [0.15, 0.2) is 48.5 Å². The second kappa shape index (κ2) is 13.2. The first-order valence-corrected chi connectivity index (χ1v) is 14.6. The maximum Gasteiger partial charge on any atom is 0.0587 e. The Hall–Kier alpha value is -1.15. The normalized spacial score (nSPS) is 18.4. The lowest BCUT2D eigenvalue weighted by Crippen LogP contribution is -2.26. The summed E-state index contributed by atoms with van der Waals surface area (Å²) in [5.74, 6) is 0. The molecule has 4 heteroatoms. The summed E-state index contributed by atoms with van der Waals surface area (Å²) in [7, 11) is 0. The fourth-order valence-corrected chi connectivity index (χ4v) is 7.64. The molecule has 2 aromatic carbocycles. The average Bonchev–Trinajstić information content (AvgIpc) is 3.49. The lowest BCUT2D eigenvalue weighted by Gasteiger charge is -2.32. The van der Waals surface area contributed by atoms with E-state index < -0.39 is 0 Å². The van der Waals surface area contributed by atoms with Gasteiger partial charge in [-0.15, -0.1) is 0 Å². The molecule has 2 fully saturated rings. The standard InChI is InChI=1S/C28H37Br2N.C2H3N/c1-2-31(22-23-12-4-3-5-13-23)21-11-14-24-25(27(29)17-6-7-18-27)15-10-16-26(24)28(30)19-8-9-20-28;1-2-3/h3-5,10,12-13,15-16H,2,6-9,11,14,17-22H2,1H3;1H3. The first-order valence-electron chi connectivity index (χ1n) is 13.0. The first kappa shape index (κ1) is 27.4. The molecule has 0 saturated heterocycles. The third-order valence-electron chi connectivity index (χ3n) is 7.53. The van der Waals surface area contributed by atoms with Crippen molar-refractivity contribution in [3.8, 4) is 6.07 Å². The number of benzene rings is 2. The van der Waals surface area contributed by atoms with E-state index in [1.807, 2.05) is 0 Å². The van der Waals surface area contributed by atoms with Crippen molar-refractivity contribution in [1.29, 1.82) is 5.26 Å². The summed E-state index contributed by atoms with van der Waals surface area (Å²) in [6.45, 7) is 7.04. The zero-order valence-corrected chi connectivity index (χ0v) is 24.1. The van der Waals surface area contributed by atoms with Crippen molar-refractivity contribution in [2.24, 2.45) is 0 Å². The van der Waals surface area contributed by atoms with Crippen molar-refractivity contribution >= 4 is 31.9 Å². The molecular weight excluding hydrogens is 548 g/mol. The predicted molar refractivity (Wildman–Crippen MR) is 152 cm³/mol. The number of hydrogen-bond acceptors (Lipinski definition) is 2. The summed E-state index contributed by atoms with van der Waals surface area (Å²) < 4.78 is 0.379. The van der Waals surface area contributed by atoms with Gasteiger partial charge in [0.15, 0.2) is 0 Å². The number of nitrogens with zero attached hydrogens (tertiary/aromatic N) is 2. The molecule has 2 saturated carbocycles. The van der Waals surface area contributed by atoms with Gasteiger partial charge in [0.25, 0.3) is 0 Å². The Morgan fingerprint density at radius 1 is 0.853 bits per heavy atom. The summed E-state index contributed by atoms with van der Waals surface area (Å²) in [5, 5.41) is 7.32. The molecule has 184 valence electrons. The molecule has 4 rings (SSSR count). The molecule has 0 amide bonds. The van der Waals surface area contributed by atoms with Gasteiger partial charge in [-0.2, -0.15) is 5.26 Å².